The molecule has 0 aromatic heterocycles. The number of benzene rings is 6. The lowest BCUT2D eigenvalue weighted by Gasteiger charge is -2.66. The molecule has 6 nitrogen and oxygen atoms in total. The first-order valence-corrected chi connectivity index (χ1v) is 21.0. The fourth-order valence-corrected chi connectivity index (χ4v) is 11.6. The van der Waals surface area contributed by atoms with Crippen LogP contribution in [0.3, 0.4) is 0 Å². The lowest BCUT2D eigenvalue weighted by atomic mass is 9.63. The normalized spacial score (nSPS) is 24.8. The summed E-state index contributed by atoms with van der Waals surface area (Å²) in [6, 6.07) is 49.9. The average Bonchev–Trinajstić information content (AvgIpc) is 3.60. The highest BCUT2D eigenvalue weighted by atomic mass is 79.9. The number of rotatable bonds is 4. The Morgan fingerprint density at radius 3 is 1.27 bits per heavy atom. The van der Waals surface area contributed by atoms with E-state index in [1.165, 1.54) is 22.3 Å². The van der Waals surface area contributed by atoms with Gasteiger partial charge in [0.1, 0.15) is 11.1 Å². The van der Waals surface area contributed by atoms with E-state index in [1.807, 2.05) is 46.2 Å². The molecule has 1 fully saturated rings. The van der Waals surface area contributed by atoms with Crippen molar-refractivity contribution in [2.75, 3.05) is 9.80 Å². The quantitative estimate of drug-likeness (QED) is 0.178. The largest absolute Gasteiger partial charge is 0.306 e. The number of anilines is 2. The molecule has 276 valence electrons. The van der Waals surface area contributed by atoms with Gasteiger partial charge in [0.05, 0.1) is 13.1 Å². The van der Waals surface area contributed by atoms with Gasteiger partial charge in [0.2, 0.25) is 0 Å². The molecule has 0 N–H and O–H groups in total. The lowest BCUT2D eigenvalue weighted by Crippen LogP contribution is -2.82. The molecule has 1 saturated heterocycles. The lowest BCUT2D eigenvalue weighted by molar-refractivity contribution is -0.194. The summed E-state index contributed by atoms with van der Waals surface area (Å²) < 4.78 is 1.87. The molecule has 0 unspecified atom stereocenters. The third-order valence-corrected chi connectivity index (χ3v) is 14.2. The van der Waals surface area contributed by atoms with Crippen molar-refractivity contribution < 1.29 is 9.59 Å². The van der Waals surface area contributed by atoms with Crippen LogP contribution >= 0.6 is 31.9 Å². The van der Waals surface area contributed by atoms with Gasteiger partial charge in [-0.1, -0.05) is 141 Å². The van der Waals surface area contributed by atoms with E-state index in [0.29, 0.717) is 39.0 Å². The van der Waals surface area contributed by atoms with Crippen LogP contribution in [-0.2, 0) is 59.7 Å². The molecular weight excluding hydrogens is 824 g/mol. The molecule has 0 saturated carbocycles. The molecule has 8 heteroatoms. The van der Waals surface area contributed by atoms with E-state index in [4.69, 9.17) is 0 Å². The molecule has 2 spiro atoms. The van der Waals surface area contributed by atoms with Crippen molar-refractivity contribution in [2.45, 2.75) is 62.2 Å². The molecule has 11 rings (SSSR count). The first kappa shape index (κ1) is 34.4. The highest BCUT2D eigenvalue weighted by molar-refractivity contribution is 9.10. The number of halogens is 2. The van der Waals surface area contributed by atoms with Crippen LogP contribution in [0.4, 0.5) is 11.4 Å². The Kier molecular flexibility index (Phi) is 7.88. The number of fused-ring (bicyclic) bond motifs is 12. The van der Waals surface area contributed by atoms with E-state index in [2.05, 4.69) is 151 Å². The highest BCUT2D eigenvalue weighted by Crippen LogP contribution is 2.63. The van der Waals surface area contributed by atoms with Gasteiger partial charge in [0.25, 0.3) is 11.8 Å². The maximum Gasteiger partial charge on any atom is 0.254 e. The van der Waals surface area contributed by atoms with Crippen LogP contribution in [0.2, 0.25) is 0 Å². The zero-order valence-corrected chi connectivity index (χ0v) is 33.8. The van der Waals surface area contributed by atoms with Gasteiger partial charge in [-0.3, -0.25) is 19.4 Å². The van der Waals surface area contributed by atoms with Crippen LogP contribution in [0.1, 0.15) is 44.5 Å². The maximum atomic E-state index is 16.2. The van der Waals surface area contributed by atoms with Crippen molar-refractivity contribution in [3.8, 4) is 0 Å². The second-order valence-electron chi connectivity index (χ2n) is 15.8. The predicted octanol–water partition coefficient (Wildman–Crippen LogP) is 9.26. The molecular formula is C48H38Br2N4O2. The smallest absolute Gasteiger partial charge is 0.254 e. The van der Waals surface area contributed by atoms with Crippen molar-refractivity contribution >= 4 is 55.0 Å². The number of hydrogen-bond acceptors (Lipinski definition) is 4. The zero-order valence-electron chi connectivity index (χ0n) is 30.6. The third kappa shape index (κ3) is 4.73. The molecule has 0 aliphatic carbocycles. The summed E-state index contributed by atoms with van der Waals surface area (Å²) in [7, 11) is 0. The topological polar surface area (TPSA) is 47.1 Å². The van der Waals surface area contributed by atoms with E-state index in [0.717, 1.165) is 42.6 Å². The van der Waals surface area contributed by atoms with Gasteiger partial charge in [0, 0.05) is 56.6 Å². The molecule has 5 heterocycles. The summed E-state index contributed by atoms with van der Waals surface area (Å²) in [5.41, 5.74) is 8.70. The van der Waals surface area contributed by atoms with Crippen molar-refractivity contribution in [3.63, 3.8) is 0 Å². The summed E-state index contributed by atoms with van der Waals surface area (Å²) in [6.07, 6.45) is 1.24. The summed E-state index contributed by atoms with van der Waals surface area (Å²) in [4.78, 5) is 41.5. The van der Waals surface area contributed by atoms with E-state index < -0.39 is 11.1 Å². The number of piperazine rings is 1. The fourth-order valence-electron chi connectivity index (χ4n) is 10.9. The molecule has 4 atom stereocenters. The third-order valence-electron chi connectivity index (χ3n) is 13.2. The van der Waals surface area contributed by atoms with Crippen molar-refractivity contribution in [1.29, 1.82) is 0 Å². The molecule has 5 aliphatic rings. The minimum Gasteiger partial charge on any atom is -0.306 e. The predicted molar refractivity (Wildman–Crippen MR) is 226 cm³/mol. The Balaban J connectivity index is 1.21. The van der Waals surface area contributed by atoms with Gasteiger partial charge < -0.3 is 9.80 Å². The SMILES string of the molecule is O=C1N(Cc2ccccc2)c2ccc(Br)cc2[C@]12[C@H]1Cc3ccccc3CN1[C@@]1(C(=O)N(Cc3ccccc3)c3ccc(Br)cc31)[C@H]1Cc3ccccc3CN12. The van der Waals surface area contributed by atoms with Crippen LogP contribution in [0, 0.1) is 0 Å². The van der Waals surface area contributed by atoms with Gasteiger partial charge in [-0.15, -0.1) is 0 Å². The van der Waals surface area contributed by atoms with Gasteiger partial charge in [-0.25, -0.2) is 0 Å². The molecule has 56 heavy (non-hydrogen) atoms. The monoisotopic (exact) mass is 860 g/mol. The first-order valence-electron chi connectivity index (χ1n) is 19.4. The van der Waals surface area contributed by atoms with E-state index in [9.17, 15) is 0 Å². The van der Waals surface area contributed by atoms with Gasteiger partial charge in [-0.2, -0.15) is 0 Å². The summed E-state index contributed by atoms with van der Waals surface area (Å²) >= 11 is 7.72. The maximum absolute atomic E-state index is 16.2. The van der Waals surface area contributed by atoms with Gasteiger partial charge >= 0.3 is 0 Å². The van der Waals surface area contributed by atoms with Gasteiger partial charge in [0.15, 0.2) is 0 Å². The van der Waals surface area contributed by atoms with Crippen LogP contribution in [0.15, 0.2) is 155 Å². The van der Waals surface area contributed by atoms with Crippen LogP contribution in [0.5, 0.6) is 0 Å². The van der Waals surface area contributed by atoms with Crippen molar-refractivity contribution in [3.05, 3.63) is 199 Å². The van der Waals surface area contributed by atoms with E-state index >= 15 is 9.59 Å². The number of amides is 2. The first-order chi connectivity index (χ1) is 27.4. The molecule has 0 radical (unpaired) electrons. The van der Waals surface area contributed by atoms with Crippen LogP contribution in [-0.4, -0.2) is 33.7 Å². The van der Waals surface area contributed by atoms with Gasteiger partial charge in [-0.05, 0) is 82.6 Å². The summed E-state index contributed by atoms with van der Waals surface area (Å²) in [5.74, 6) is 0.147. The minimum atomic E-state index is -1.09. The van der Waals surface area contributed by atoms with E-state index in [-0.39, 0.29) is 23.9 Å². The average molecular weight is 863 g/mol. The Bertz CT molecular complexity index is 2340. The highest BCUT2D eigenvalue weighted by Gasteiger charge is 2.75. The molecule has 6 aromatic rings. The Hall–Kier alpha value is -4.86. The standard InChI is InChI=1S/C48H38Br2N4O2/c49-37-19-21-41-39(25-37)47(45(55)51(41)27-31-11-3-1-4-12-31)43-23-33-15-7-10-18-36(33)30-54(43)48(44-24-34-16-8-9-17-35(34)29-53(44)47)40-26-38(50)20-22-42(40)52(46(48)56)28-32-13-5-2-6-14-32/h1-22,25-26,43-44H,23-24,27-30H2/t43-,44-,47-,48+/m1/s1. The number of carbonyl (C=O) groups excluding carboxylic acids is 2. The Morgan fingerprint density at radius 1 is 0.482 bits per heavy atom. The second kappa shape index (κ2) is 12.8. The molecule has 2 amide bonds. The number of hydrogen-bond donors (Lipinski definition) is 0. The van der Waals surface area contributed by atoms with Crippen LogP contribution in [0.25, 0.3) is 0 Å². The molecule has 5 aliphatic heterocycles. The summed E-state index contributed by atoms with van der Waals surface area (Å²) in [6.45, 7) is 2.00. The molecule has 6 aromatic carbocycles. The fraction of sp³-hybridized carbons (Fsp3) is 0.208. The van der Waals surface area contributed by atoms with Crippen molar-refractivity contribution in [1.82, 2.24) is 9.80 Å². The molecule has 0 bridgehead atoms. The second-order valence-corrected chi connectivity index (χ2v) is 17.7. The van der Waals surface area contributed by atoms with Crippen molar-refractivity contribution in [2.24, 2.45) is 0 Å². The number of nitrogens with zero attached hydrogens (tertiary/aromatic N) is 4. The zero-order chi connectivity index (χ0) is 37.8. The summed E-state index contributed by atoms with van der Waals surface area (Å²) in [5, 5.41) is 0. The van der Waals surface area contributed by atoms with Crippen LogP contribution < -0.4 is 9.80 Å². The number of carbonyl (C=O) groups is 2. The minimum absolute atomic E-state index is 0.0733. The Morgan fingerprint density at radius 2 is 0.857 bits per heavy atom. The Labute approximate surface area is 343 Å². The van der Waals surface area contributed by atoms with E-state index in [1.54, 1.807) is 0 Å².